The summed E-state index contributed by atoms with van der Waals surface area (Å²) in [6.07, 6.45) is 24.0. The van der Waals surface area contributed by atoms with Gasteiger partial charge in [0.05, 0.1) is 18.8 Å². The maximum absolute atomic E-state index is 6.11. The molecule has 3 rings (SSSR count). The van der Waals surface area contributed by atoms with Crippen molar-refractivity contribution in [3.63, 3.8) is 0 Å². The maximum Gasteiger partial charge on any atom is 0.0805 e. The summed E-state index contributed by atoms with van der Waals surface area (Å²) in [4.78, 5) is 0. The van der Waals surface area contributed by atoms with Gasteiger partial charge < -0.3 is 9.47 Å². The molecule has 0 radical (unpaired) electrons. The van der Waals surface area contributed by atoms with Gasteiger partial charge in [-0.05, 0) is 87.9 Å². The first-order chi connectivity index (χ1) is 12.8. The van der Waals surface area contributed by atoms with E-state index in [0.717, 1.165) is 30.3 Å². The van der Waals surface area contributed by atoms with Gasteiger partial charge in [-0.25, -0.2) is 0 Å². The third-order valence-corrected chi connectivity index (χ3v) is 7.46. The molecule has 150 valence electrons. The minimum Gasteiger partial charge on any atom is -0.379 e. The summed E-state index contributed by atoms with van der Waals surface area (Å²) in [6.45, 7) is 3.13. The van der Waals surface area contributed by atoms with Crippen molar-refractivity contribution in [1.29, 1.82) is 0 Å². The Labute approximate surface area is 162 Å². The first-order valence-corrected chi connectivity index (χ1v) is 11.6. The predicted molar refractivity (Wildman–Crippen MR) is 109 cm³/mol. The van der Waals surface area contributed by atoms with Crippen molar-refractivity contribution in [1.82, 2.24) is 0 Å². The molecule has 0 aromatic carbocycles. The molecule has 3 fully saturated rings. The van der Waals surface area contributed by atoms with Crippen LogP contribution in [0.4, 0.5) is 0 Å². The van der Waals surface area contributed by atoms with E-state index in [1.54, 1.807) is 0 Å². The molecule has 0 N–H and O–H groups in total. The van der Waals surface area contributed by atoms with Gasteiger partial charge in [0.1, 0.15) is 0 Å². The number of methoxy groups -OCH3 is 1. The highest BCUT2D eigenvalue weighted by molar-refractivity contribution is 4.97. The highest BCUT2D eigenvalue weighted by Gasteiger charge is 2.31. The van der Waals surface area contributed by atoms with E-state index < -0.39 is 0 Å². The van der Waals surface area contributed by atoms with Crippen LogP contribution in [0.15, 0.2) is 12.2 Å². The first-order valence-electron chi connectivity index (χ1n) is 11.6. The predicted octanol–water partition coefficient (Wildman–Crippen LogP) is 6.54. The van der Waals surface area contributed by atoms with Crippen molar-refractivity contribution in [2.75, 3.05) is 13.7 Å². The van der Waals surface area contributed by atoms with Crippen LogP contribution >= 0.6 is 0 Å². The lowest BCUT2D eigenvalue weighted by molar-refractivity contribution is -0.0964. The zero-order valence-electron chi connectivity index (χ0n) is 17.3. The summed E-state index contributed by atoms with van der Waals surface area (Å²) in [5, 5.41) is 0. The van der Waals surface area contributed by atoms with Gasteiger partial charge in [-0.3, -0.25) is 0 Å². The Balaban J connectivity index is 1.32. The highest BCUT2D eigenvalue weighted by atomic mass is 16.5. The summed E-state index contributed by atoms with van der Waals surface area (Å²) in [6, 6.07) is 0. The molecule has 0 amide bonds. The van der Waals surface area contributed by atoms with Crippen LogP contribution in [0.1, 0.15) is 90.4 Å². The van der Waals surface area contributed by atoms with Crippen LogP contribution in [0.3, 0.4) is 0 Å². The van der Waals surface area contributed by atoms with E-state index in [1.807, 2.05) is 7.11 Å². The molecule has 1 aliphatic heterocycles. The number of unbranched alkanes of at least 4 members (excludes halogenated alkanes) is 1. The fourth-order valence-electron chi connectivity index (χ4n) is 5.49. The van der Waals surface area contributed by atoms with Gasteiger partial charge in [0.15, 0.2) is 0 Å². The average Bonchev–Trinajstić information content (AvgIpc) is 2.72. The smallest absolute Gasteiger partial charge is 0.0805 e. The van der Waals surface area contributed by atoms with E-state index in [-0.39, 0.29) is 0 Å². The SMILES string of the molecule is CCCCC1CCC(/C=C/C2CCC(C3CCC(OC)CO3)CC2)CC1. The third-order valence-electron chi connectivity index (χ3n) is 7.46. The van der Waals surface area contributed by atoms with Gasteiger partial charge in [0, 0.05) is 7.11 Å². The van der Waals surface area contributed by atoms with Crippen LogP contribution in [0.2, 0.25) is 0 Å². The monoisotopic (exact) mass is 362 g/mol. The summed E-state index contributed by atoms with van der Waals surface area (Å²) in [5.41, 5.74) is 0. The second-order valence-electron chi connectivity index (χ2n) is 9.29. The van der Waals surface area contributed by atoms with E-state index in [9.17, 15) is 0 Å². The van der Waals surface area contributed by atoms with E-state index in [2.05, 4.69) is 19.1 Å². The van der Waals surface area contributed by atoms with Gasteiger partial charge in [-0.1, -0.05) is 38.3 Å². The van der Waals surface area contributed by atoms with Crippen molar-refractivity contribution in [3.05, 3.63) is 12.2 Å². The fourth-order valence-corrected chi connectivity index (χ4v) is 5.49. The van der Waals surface area contributed by atoms with Crippen molar-refractivity contribution < 1.29 is 9.47 Å². The van der Waals surface area contributed by atoms with Crippen molar-refractivity contribution in [2.24, 2.45) is 23.7 Å². The fraction of sp³-hybridized carbons (Fsp3) is 0.917. The summed E-state index contributed by atoms with van der Waals surface area (Å²) >= 11 is 0. The van der Waals surface area contributed by atoms with Gasteiger partial charge in [-0.15, -0.1) is 0 Å². The number of rotatable bonds is 7. The lowest BCUT2D eigenvalue weighted by Crippen LogP contribution is -2.36. The van der Waals surface area contributed by atoms with E-state index in [0.29, 0.717) is 12.2 Å². The van der Waals surface area contributed by atoms with Gasteiger partial charge in [0.2, 0.25) is 0 Å². The van der Waals surface area contributed by atoms with Crippen LogP contribution in [0.5, 0.6) is 0 Å². The van der Waals surface area contributed by atoms with Gasteiger partial charge in [0.25, 0.3) is 0 Å². The number of hydrogen-bond acceptors (Lipinski definition) is 2. The molecule has 2 heteroatoms. The molecule has 1 heterocycles. The summed E-state index contributed by atoms with van der Waals surface area (Å²) < 4.78 is 11.5. The molecular weight excluding hydrogens is 320 g/mol. The standard InChI is InChI=1S/C24H42O2/c1-3-4-5-19-6-8-20(9-7-19)10-11-21-12-14-22(15-13-21)24-17-16-23(25-2)18-26-24/h10-11,19-24H,3-9,12-18H2,1-2H3/b11-10+. The molecule has 1 saturated heterocycles. The average molecular weight is 363 g/mol. The lowest BCUT2D eigenvalue weighted by Gasteiger charge is -2.37. The van der Waals surface area contributed by atoms with Gasteiger partial charge >= 0.3 is 0 Å². The Kier molecular flexibility index (Phi) is 8.52. The zero-order valence-corrected chi connectivity index (χ0v) is 17.3. The topological polar surface area (TPSA) is 18.5 Å². The molecule has 0 bridgehead atoms. The Bertz CT molecular complexity index is 394. The quantitative estimate of drug-likeness (QED) is 0.479. The first kappa shape index (κ1) is 20.4. The maximum atomic E-state index is 6.11. The normalized spacial score (nSPS) is 39.3. The molecule has 2 saturated carbocycles. The molecule has 26 heavy (non-hydrogen) atoms. The number of ether oxygens (including phenoxy) is 2. The summed E-state index contributed by atoms with van der Waals surface area (Å²) in [7, 11) is 1.81. The number of allylic oxidation sites excluding steroid dienone is 2. The molecule has 2 atom stereocenters. The molecule has 2 nitrogen and oxygen atoms in total. The molecular formula is C24H42O2. The third kappa shape index (κ3) is 6.09. The van der Waals surface area contributed by atoms with Crippen molar-refractivity contribution in [3.8, 4) is 0 Å². The Morgan fingerprint density at radius 2 is 1.50 bits per heavy atom. The van der Waals surface area contributed by atoms with Crippen LogP contribution in [0.25, 0.3) is 0 Å². The van der Waals surface area contributed by atoms with Crippen LogP contribution in [-0.2, 0) is 9.47 Å². The van der Waals surface area contributed by atoms with Gasteiger partial charge in [-0.2, -0.15) is 0 Å². The molecule has 2 unspecified atom stereocenters. The molecule has 3 aliphatic rings. The largest absolute Gasteiger partial charge is 0.379 e. The van der Waals surface area contributed by atoms with Crippen molar-refractivity contribution >= 4 is 0 Å². The van der Waals surface area contributed by atoms with Crippen LogP contribution < -0.4 is 0 Å². The minimum absolute atomic E-state index is 0.336. The Morgan fingerprint density at radius 1 is 0.846 bits per heavy atom. The van der Waals surface area contributed by atoms with E-state index in [1.165, 1.54) is 83.5 Å². The highest BCUT2D eigenvalue weighted by Crippen LogP contribution is 2.37. The summed E-state index contributed by atoms with van der Waals surface area (Å²) in [5.74, 6) is 3.53. The van der Waals surface area contributed by atoms with E-state index in [4.69, 9.17) is 9.47 Å². The molecule has 2 aliphatic carbocycles. The minimum atomic E-state index is 0.336. The second kappa shape index (κ2) is 10.9. The zero-order chi connectivity index (χ0) is 18.2. The molecule has 0 aromatic rings. The second-order valence-corrected chi connectivity index (χ2v) is 9.29. The van der Waals surface area contributed by atoms with E-state index >= 15 is 0 Å². The number of hydrogen-bond donors (Lipinski definition) is 0. The lowest BCUT2D eigenvalue weighted by atomic mass is 9.76. The van der Waals surface area contributed by atoms with Crippen LogP contribution in [-0.4, -0.2) is 25.9 Å². The molecule has 0 spiro atoms. The Hall–Kier alpha value is -0.340. The van der Waals surface area contributed by atoms with Crippen LogP contribution in [0, 0.1) is 23.7 Å². The molecule has 0 aromatic heterocycles. The van der Waals surface area contributed by atoms with Crippen molar-refractivity contribution in [2.45, 2.75) is 103 Å². The Morgan fingerprint density at radius 3 is 2.04 bits per heavy atom.